The van der Waals surface area contributed by atoms with Crippen molar-refractivity contribution in [1.29, 1.82) is 0 Å². The average molecular weight is 222 g/mol. The molecule has 16 heavy (non-hydrogen) atoms. The smallest absolute Gasteiger partial charge is 0.114 e. The van der Waals surface area contributed by atoms with Crippen LogP contribution < -0.4 is 0 Å². The van der Waals surface area contributed by atoms with Crippen LogP contribution in [0.3, 0.4) is 0 Å². The Labute approximate surface area is 96.5 Å². The fourth-order valence-corrected chi connectivity index (χ4v) is 2.10. The van der Waals surface area contributed by atoms with Gasteiger partial charge in [-0.25, -0.2) is 4.39 Å². The highest BCUT2D eigenvalue weighted by Crippen LogP contribution is 2.18. The van der Waals surface area contributed by atoms with Gasteiger partial charge in [0.05, 0.1) is 0 Å². The zero-order valence-corrected chi connectivity index (χ0v) is 9.99. The van der Waals surface area contributed by atoms with Gasteiger partial charge in [0, 0.05) is 32.0 Å². The van der Waals surface area contributed by atoms with Crippen molar-refractivity contribution in [2.24, 2.45) is 0 Å². The van der Waals surface area contributed by atoms with Crippen molar-refractivity contribution in [2.45, 2.75) is 38.9 Å². The number of likely N-dealkylation sites (tertiary alicyclic amines) is 1. The number of hydrogen-bond acceptors (Lipinski definition) is 2. The normalized spacial score (nSPS) is 21.9. The molecule has 3 heteroatoms. The Hall–Kier alpha value is -0.960. The van der Waals surface area contributed by atoms with Gasteiger partial charge in [0.25, 0.3) is 0 Å². The zero-order chi connectivity index (χ0) is 11.5. The third-order valence-corrected chi connectivity index (χ3v) is 3.10. The topological polar surface area (TPSA) is 16.1 Å². The van der Waals surface area contributed by atoms with Crippen LogP contribution in [0.15, 0.2) is 18.5 Å². The molecule has 2 rings (SSSR count). The van der Waals surface area contributed by atoms with Crippen molar-refractivity contribution in [3.05, 3.63) is 29.6 Å². The molecule has 1 unspecified atom stereocenters. The van der Waals surface area contributed by atoms with E-state index in [0.29, 0.717) is 18.9 Å². The molecule has 1 aliphatic heterocycles. The summed E-state index contributed by atoms with van der Waals surface area (Å²) in [5.74, 6) is 0.500. The molecule has 1 aromatic heterocycles. The lowest BCUT2D eigenvalue weighted by molar-refractivity contribution is 0.282. The van der Waals surface area contributed by atoms with Gasteiger partial charge in [-0.1, -0.05) is 19.9 Å². The summed E-state index contributed by atoms with van der Waals surface area (Å²) in [4.78, 5) is 6.41. The van der Waals surface area contributed by atoms with Crippen molar-refractivity contribution in [3.8, 4) is 0 Å². The Morgan fingerprint density at radius 1 is 1.50 bits per heavy atom. The molecule has 1 atom stereocenters. The molecule has 0 spiro atoms. The molecule has 1 fully saturated rings. The molecular weight excluding hydrogens is 203 g/mol. The zero-order valence-electron chi connectivity index (χ0n) is 9.99. The van der Waals surface area contributed by atoms with Crippen LogP contribution in [0.25, 0.3) is 0 Å². The monoisotopic (exact) mass is 222 g/mol. The van der Waals surface area contributed by atoms with E-state index in [2.05, 4.69) is 29.8 Å². The first-order valence-electron chi connectivity index (χ1n) is 5.95. The highest BCUT2D eigenvalue weighted by Gasteiger charge is 2.21. The van der Waals surface area contributed by atoms with Crippen molar-refractivity contribution in [1.82, 2.24) is 9.88 Å². The van der Waals surface area contributed by atoms with Gasteiger partial charge in [-0.2, -0.15) is 0 Å². The van der Waals surface area contributed by atoms with Crippen LogP contribution in [0, 0.1) is 0 Å². The van der Waals surface area contributed by atoms with E-state index in [1.165, 1.54) is 11.1 Å². The highest BCUT2D eigenvalue weighted by atomic mass is 19.1. The largest absolute Gasteiger partial charge is 0.296 e. The second-order valence-corrected chi connectivity index (χ2v) is 4.90. The molecule has 0 radical (unpaired) electrons. The van der Waals surface area contributed by atoms with Crippen LogP contribution in [-0.4, -0.2) is 29.1 Å². The number of alkyl halides is 1. The van der Waals surface area contributed by atoms with Gasteiger partial charge in [-0.15, -0.1) is 0 Å². The van der Waals surface area contributed by atoms with Gasteiger partial charge in [-0.05, 0) is 23.5 Å². The highest BCUT2D eigenvalue weighted by molar-refractivity contribution is 5.20. The molecule has 0 aliphatic carbocycles. The first-order valence-corrected chi connectivity index (χ1v) is 5.95. The number of hydrogen-bond donors (Lipinski definition) is 0. The van der Waals surface area contributed by atoms with E-state index in [4.69, 9.17) is 0 Å². The molecule has 1 saturated heterocycles. The summed E-state index contributed by atoms with van der Waals surface area (Å²) in [6.45, 7) is 6.59. The van der Waals surface area contributed by atoms with E-state index in [-0.39, 0.29) is 0 Å². The van der Waals surface area contributed by atoms with Gasteiger partial charge in [-0.3, -0.25) is 9.88 Å². The van der Waals surface area contributed by atoms with Crippen LogP contribution in [0.2, 0.25) is 0 Å². The maximum absolute atomic E-state index is 13.0. The predicted molar refractivity (Wildman–Crippen MR) is 63.1 cm³/mol. The Morgan fingerprint density at radius 3 is 2.94 bits per heavy atom. The van der Waals surface area contributed by atoms with Crippen LogP contribution >= 0.6 is 0 Å². The van der Waals surface area contributed by atoms with Crippen molar-refractivity contribution in [3.63, 3.8) is 0 Å². The van der Waals surface area contributed by atoms with Gasteiger partial charge < -0.3 is 0 Å². The fraction of sp³-hybridized carbons (Fsp3) is 0.615. The van der Waals surface area contributed by atoms with Gasteiger partial charge in [0.15, 0.2) is 0 Å². The maximum atomic E-state index is 13.0. The third kappa shape index (κ3) is 2.79. The molecule has 0 bridgehead atoms. The van der Waals surface area contributed by atoms with E-state index in [9.17, 15) is 4.39 Å². The summed E-state index contributed by atoms with van der Waals surface area (Å²) in [6.07, 6.45) is 3.84. The van der Waals surface area contributed by atoms with Gasteiger partial charge >= 0.3 is 0 Å². The standard InChI is InChI=1S/C13H19FN2/c1-10(2)12-5-11(6-15-7-12)8-16-4-3-13(14)9-16/h5-7,10,13H,3-4,8-9H2,1-2H3. The summed E-state index contributed by atoms with van der Waals surface area (Å²) in [6, 6.07) is 2.18. The SMILES string of the molecule is CC(C)c1cncc(CN2CCC(F)C2)c1. The summed E-state index contributed by atoms with van der Waals surface area (Å²) < 4.78 is 13.0. The maximum Gasteiger partial charge on any atom is 0.114 e. The fourth-order valence-electron chi connectivity index (χ4n) is 2.10. The molecule has 0 N–H and O–H groups in total. The molecule has 1 aromatic rings. The summed E-state index contributed by atoms with van der Waals surface area (Å²) in [5.41, 5.74) is 2.45. The number of halogens is 1. The van der Waals surface area contributed by atoms with E-state index in [0.717, 1.165) is 13.1 Å². The van der Waals surface area contributed by atoms with E-state index >= 15 is 0 Å². The van der Waals surface area contributed by atoms with E-state index in [1.54, 1.807) is 0 Å². The number of aromatic nitrogens is 1. The van der Waals surface area contributed by atoms with Crippen LogP contribution in [0.1, 0.15) is 37.3 Å². The molecule has 0 saturated carbocycles. The van der Waals surface area contributed by atoms with Crippen molar-refractivity contribution >= 4 is 0 Å². The Kier molecular flexibility index (Phi) is 3.54. The predicted octanol–water partition coefficient (Wildman–Crippen LogP) is 2.75. The van der Waals surface area contributed by atoms with Crippen LogP contribution in [0.4, 0.5) is 4.39 Å². The number of rotatable bonds is 3. The molecule has 2 nitrogen and oxygen atoms in total. The minimum atomic E-state index is -0.638. The minimum Gasteiger partial charge on any atom is -0.296 e. The minimum absolute atomic E-state index is 0.500. The van der Waals surface area contributed by atoms with Crippen LogP contribution in [0.5, 0.6) is 0 Å². The molecule has 2 heterocycles. The Balaban J connectivity index is 2.01. The van der Waals surface area contributed by atoms with Gasteiger partial charge in [0.1, 0.15) is 6.17 Å². The van der Waals surface area contributed by atoms with Crippen LogP contribution in [-0.2, 0) is 6.54 Å². The average Bonchev–Trinajstić information content (AvgIpc) is 2.64. The first kappa shape index (κ1) is 11.5. The molecular formula is C13H19FN2. The summed E-state index contributed by atoms with van der Waals surface area (Å²) in [5, 5.41) is 0. The lowest BCUT2D eigenvalue weighted by Crippen LogP contribution is -2.20. The third-order valence-electron chi connectivity index (χ3n) is 3.10. The van der Waals surface area contributed by atoms with E-state index < -0.39 is 6.17 Å². The molecule has 0 aromatic carbocycles. The Bertz CT molecular complexity index is 352. The second kappa shape index (κ2) is 4.91. The molecule has 1 aliphatic rings. The lowest BCUT2D eigenvalue weighted by Gasteiger charge is -2.15. The lowest BCUT2D eigenvalue weighted by atomic mass is 10.0. The summed E-state index contributed by atoms with van der Waals surface area (Å²) >= 11 is 0. The molecule has 88 valence electrons. The number of pyridine rings is 1. The Morgan fingerprint density at radius 2 is 2.31 bits per heavy atom. The first-order chi connectivity index (χ1) is 7.65. The van der Waals surface area contributed by atoms with E-state index in [1.807, 2.05) is 12.4 Å². The quantitative estimate of drug-likeness (QED) is 0.781. The molecule has 0 amide bonds. The second-order valence-electron chi connectivity index (χ2n) is 4.90. The van der Waals surface area contributed by atoms with Gasteiger partial charge in [0.2, 0.25) is 0 Å². The number of nitrogens with zero attached hydrogens (tertiary/aromatic N) is 2. The van der Waals surface area contributed by atoms with Crippen molar-refractivity contribution in [2.75, 3.05) is 13.1 Å². The summed E-state index contributed by atoms with van der Waals surface area (Å²) in [7, 11) is 0. The van der Waals surface area contributed by atoms with Crippen molar-refractivity contribution < 1.29 is 4.39 Å².